The molecule has 1 atom stereocenters. The molecule has 3 rings (SSSR count). The minimum Gasteiger partial charge on any atom is -0.497 e. The van der Waals surface area contributed by atoms with Crippen molar-refractivity contribution < 1.29 is 4.74 Å². The monoisotopic (exact) mass is 258 g/mol. The Balaban J connectivity index is 1.88. The molecule has 2 aromatic rings. The van der Waals surface area contributed by atoms with Crippen LogP contribution in [0.3, 0.4) is 0 Å². The van der Waals surface area contributed by atoms with Crippen LogP contribution in [0.4, 0.5) is 0 Å². The van der Waals surface area contributed by atoms with Gasteiger partial charge in [-0.2, -0.15) is 5.10 Å². The minimum absolute atomic E-state index is 0.542. The molecular formula is C14H18N4O. The topological polar surface area (TPSA) is 66.0 Å². The van der Waals surface area contributed by atoms with E-state index in [1.807, 2.05) is 28.9 Å². The van der Waals surface area contributed by atoms with Crippen LogP contribution in [-0.2, 0) is 13.0 Å². The van der Waals surface area contributed by atoms with Crippen LogP contribution in [-0.4, -0.2) is 28.4 Å². The van der Waals surface area contributed by atoms with E-state index in [2.05, 4.69) is 10.1 Å². The van der Waals surface area contributed by atoms with E-state index in [1.165, 1.54) is 0 Å². The van der Waals surface area contributed by atoms with Gasteiger partial charge in [0.05, 0.1) is 7.11 Å². The van der Waals surface area contributed by atoms with Crippen LogP contribution in [0.25, 0.3) is 11.4 Å². The van der Waals surface area contributed by atoms with Gasteiger partial charge in [0.15, 0.2) is 5.82 Å². The molecular weight excluding hydrogens is 240 g/mol. The number of aromatic nitrogens is 3. The standard InChI is InChI=1S/C14H18N4O/c1-19-12-4-2-11(3-5-12)14-16-13-8-10(9-15)6-7-18(13)17-14/h2-5,10H,6-9,15H2,1H3. The van der Waals surface area contributed by atoms with Gasteiger partial charge in [-0.25, -0.2) is 9.67 Å². The molecule has 2 heterocycles. The zero-order valence-electron chi connectivity index (χ0n) is 11.0. The lowest BCUT2D eigenvalue weighted by molar-refractivity contribution is 0.369. The van der Waals surface area contributed by atoms with Crippen molar-refractivity contribution in [2.24, 2.45) is 11.7 Å². The van der Waals surface area contributed by atoms with Crippen molar-refractivity contribution in [3.63, 3.8) is 0 Å². The number of ether oxygens (including phenoxy) is 1. The van der Waals surface area contributed by atoms with E-state index in [9.17, 15) is 0 Å². The van der Waals surface area contributed by atoms with Gasteiger partial charge < -0.3 is 10.5 Å². The van der Waals surface area contributed by atoms with E-state index >= 15 is 0 Å². The summed E-state index contributed by atoms with van der Waals surface area (Å²) in [5.41, 5.74) is 6.76. The van der Waals surface area contributed by atoms with Crippen molar-refractivity contribution in [2.75, 3.05) is 13.7 Å². The Kier molecular flexibility index (Phi) is 3.21. The number of nitrogens with two attached hydrogens (primary N) is 1. The van der Waals surface area contributed by atoms with Crippen molar-refractivity contribution in [1.29, 1.82) is 0 Å². The van der Waals surface area contributed by atoms with Crippen LogP contribution in [0, 0.1) is 5.92 Å². The van der Waals surface area contributed by atoms with Crippen molar-refractivity contribution in [2.45, 2.75) is 19.4 Å². The predicted molar refractivity (Wildman–Crippen MR) is 72.9 cm³/mol. The fourth-order valence-electron chi connectivity index (χ4n) is 2.43. The summed E-state index contributed by atoms with van der Waals surface area (Å²) in [7, 11) is 1.66. The number of nitrogens with zero attached hydrogens (tertiary/aromatic N) is 3. The summed E-state index contributed by atoms with van der Waals surface area (Å²) < 4.78 is 7.16. The zero-order valence-corrected chi connectivity index (χ0v) is 11.0. The molecule has 1 aliphatic heterocycles. The lowest BCUT2D eigenvalue weighted by Crippen LogP contribution is -2.25. The molecule has 2 N–H and O–H groups in total. The van der Waals surface area contributed by atoms with Crippen LogP contribution < -0.4 is 10.5 Å². The van der Waals surface area contributed by atoms with Gasteiger partial charge >= 0.3 is 0 Å². The maximum Gasteiger partial charge on any atom is 0.181 e. The van der Waals surface area contributed by atoms with Crippen LogP contribution in [0.5, 0.6) is 5.75 Å². The minimum atomic E-state index is 0.542. The molecule has 0 saturated heterocycles. The summed E-state index contributed by atoms with van der Waals surface area (Å²) in [5.74, 6) is 3.22. The molecule has 0 amide bonds. The molecule has 0 aliphatic carbocycles. The highest BCUT2D eigenvalue weighted by atomic mass is 16.5. The number of aryl methyl sites for hydroxylation is 1. The van der Waals surface area contributed by atoms with E-state index in [0.717, 1.165) is 48.9 Å². The third-order valence-electron chi connectivity index (χ3n) is 3.65. The number of fused-ring (bicyclic) bond motifs is 1. The van der Waals surface area contributed by atoms with Crippen LogP contribution in [0.15, 0.2) is 24.3 Å². The molecule has 1 unspecified atom stereocenters. The Bertz CT molecular complexity index is 561. The van der Waals surface area contributed by atoms with Crippen molar-refractivity contribution in [3.05, 3.63) is 30.1 Å². The summed E-state index contributed by atoms with van der Waals surface area (Å²) in [6, 6.07) is 7.83. The van der Waals surface area contributed by atoms with Gasteiger partial charge in [-0.3, -0.25) is 0 Å². The predicted octanol–water partition coefficient (Wildman–Crippen LogP) is 1.47. The van der Waals surface area contributed by atoms with Crippen LogP contribution in [0.2, 0.25) is 0 Å². The Labute approximate surface area is 112 Å². The number of hydrogen-bond acceptors (Lipinski definition) is 4. The van der Waals surface area contributed by atoms with Crippen molar-refractivity contribution >= 4 is 0 Å². The average molecular weight is 258 g/mol. The van der Waals surface area contributed by atoms with E-state index in [0.29, 0.717) is 5.92 Å². The summed E-state index contributed by atoms with van der Waals surface area (Å²) in [6.07, 6.45) is 2.02. The molecule has 0 spiro atoms. The summed E-state index contributed by atoms with van der Waals surface area (Å²) >= 11 is 0. The van der Waals surface area contributed by atoms with Crippen LogP contribution in [0.1, 0.15) is 12.2 Å². The Morgan fingerprint density at radius 2 is 2.16 bits per heavy atom. The van der Waals surface area contributed by atoms with Gasteiger partial charge in [0.25, 0.3) is 0 Å². The molecule has 0 saturated carbocycles. The third-order valence-corrected chi connectivity index (χ3v) is 3.65. The van der Waals surface area contributed by atoms with Gasteiger partial charge in [-0.05, 0) is 43.1 Å². The first-order valence-corrected chi connectivity index (χ1v) is 6.58. The highest BCUT2D eigenvalue weighted by Crippen LogP contribution is 2.23. The maximum absolute atomic E-state index is 5.74. The van der Waals surface area contributed by atoms with Gasteiger partial charge in [-0.15, -0.1) is 0 Å². The molecule has 1 aromatic heterocycles. The Morgan fingerprint density at radius 3 is 2.84 bits per heavy atom. The van der Waals surface area contributed by atoms with Crippen molar-refractivity contribution in [3.8, 4) is 17.1 Å². The zero-order chi connectivity index (χ0) is 13.2. The highest BCUT2D eigenvalue weighted by Gasteiger charge is 2.21. The van der Waals surface area contributed by atoms with E-state index < -0.39 is 0 Å². The third kappa shape index (κ3) is 2.33. The number of methoxy groups -OCH3 is 1. The molecule has 1 aromatic carbocycles. The Morgan fingerprint density at radius 1 is 1.37 bits per heavy atom. The molecule has 100 valence electrons. The normalized spacial score (nSPS) is 18.1. The SMILES string of the molecule is COc1ccc(-c2nc3n(n2)CCC(CN)C3)cc1. The number of benzene rings is 1. The first-order valence-electron chi connectivity index (χ1n) is 6.58. The molecule has 19 heavy (non-hydrogen) atoms. The number of hydrogen-bond donors (Lipinski definition) is 1. The van der Waals surface area contributed by atoms with E-state index in [-0.39, 0.29) is 0 Å². The number of rotatable bonds is 3. The summed E-state index contributed by atoms with van der Waals surface area (Å²) in [4.78, 5) is 4.63. The van der Waals surface area contributed by atoms with Gasteiger partial charge in [0, 0.05) is 18.5 Å². The maximum atomic E-state index is 5.74. The van der Waals surface area contributed by atoms with Crippen LogP contribution >= 0.6 is 0 Å². The highest BCUT2D eigenvalue weighted by molar-refractivity contribution is 5.55. The fourth-order valence-corrected chi connectivity index (χ4v) is 2.43. The fraction of sp³-hybridized carbons (Fsp3) is 0.429. The first kappa shape index (κ1) is 12.2. The van der Waals surface area contributed by atoms with E-state index in [1.54, 1.807) is 7.11 Å². The Hall–Kier alpha value is -1.88. The molecule has 5 nitrogen and oxygen atoms in total. The second-order valence-electron chi connectivity index (χ2n) is 4.90. The lowest BCUT2D eigenvalue weighted by Gasteiger charge is -2.19. The summed E-state index contributed by atoms with van der Waals surface area (Å²) in [5, 5.41) is 4.57. The van der Waals surface area contributed by atoms with Gasteiger partial charge in [0.2, 0.25) is 0 Å². The lowest BCUT2D eigenvalue weighted by atomic mass is 9.98. The van der Waals surface area contributed by atoms with Crippen molar-refractivity contribution in [1.82, 2.24) is 14.8 Å². The van der Waals surface area contributed by atoms with Gasteiger partial charge in [0.1, 0.15) is 11.6 Å². The van der Waals surface area contributed by atoms with Gasteiger partial charge in [-0.1, -0.05) is 0 Å². The molecule has 5 heteroatoms. The largest absolute Gasteiger partial charge is 0.497 e. The molecule has 1 aliphatic rings. The summed E-state index contributed by atoms with van der Waals surface area (Å²) in [6.45, 7) is 1.64. The first-order chi connectivity index (χ1) is 9.30. The second kappa shape index (κ2) is 5.01. The second-order valence-corrected chi connectivity index (χ2v) is 4.90. The molecule has 0 radical (unpaired) electrons. The quantitative estimate of drug-likeness (QED) is 0.905. The van der Waals surface area contributed by atoms with E-state index in [4.69, 9.17) is 10.5 Å². The average Bonchev–Trinajstić information content (AvgIpc) is 2.90. The molecule has 0 fully saturated rings. The molecule has 0 bridgehead atoms. The smallest absolute Gasteiger partial charge is 0.181 e.